The molecular formula is C10H17N3S. The first-order valence-electron chi connectivity index (χ1n) is 5.37. The summed E-state index contributed by atoms with van der Waals surface area (Å²) >= 11 is 1.55. The number of aromatic nitrogens is 2. The molecule has 0 N–H and O–H groups in total. The van der Waals surface area contributed by atoms with E-state index in [-0.39, 0.29) is 0 Å². The van der Waals surface area contributed by atoms with Crippen molar-refractivity contribution in [3.8, 4) is 0 Å². The van der Waals surface area contributed by atoms with E-state index in [0.29, 0.717) is 0 Å². The van der Waals surface area contributed by atoms with E-state index in [9.17, 15) is 0 Å². The third-order valence-electron chi connectivity index (χ3n) is 2.83. The molecule has 1 aromatic rings. The van der Waals surface area contributed by atoms with Crippen molar-refractivity contribution in [3.63, 3.8) is 0 Å². The van der Waals surface area contributed by atoms with Gasteiger partial charge in [0.1, 0.15) is 5.82 Å². The van der Waals surface area contributed by atoms with Crippen molar-refractivity contribution in [2.45, 2.75) is 33.1 Å². The Hall–Kier alpha value is -0.640. The maximum atomic E-state index is 4.51. The Kier molecular flexibility index (Phi) is 3.01. The van der Waals surface area contributed by atoms with E-state index in [1.54, 1.807) is 11.5 Å². The number of rotatable bonds is 2. The Morgan fingerprint density at radius 3 is 2.71 bits per heavy atom. The lowest BCUT2D eigenvalue weighted by atomic mass is 10.00. The van der Waals surface area contributed by atoms with Gasteiger partial charge in [-0.15, -0.1) is 0 Å². The average Bonchev–Trinajstić information content (AvgIpc) is 2.67. The first-order chi connectivity index (χ1) is 6.79. The number of aryl methyl sites for hydroxylation is 1. The highest BCUT2D eigenvalue weighted by atomic mass is 32.1. The van der Waals surface area contributed by atoms with Gasteiger partial charge in [0.2, 0.25) is 5.13 Å². The van der Waals surface area contributed by atoms with Crippen molar-refractivity contribution in [2.24, 2.45) is 5.92 Å². The molecule has 2 rings (SSSR count). The largest absolute Gasteiger partial charge is 0.347 e. The van der Waals surface area contributed by atoms with E-state index in [4.69, 9.17) is 0 Å². The topological polar surface area (TPSA) is 29.0 Å². The first-order valence-corrected chi connectivity index (χ1v) is 6.14. The summed E-state index contributed by atoms with van der Waals surface area (Å²) in [5.74, 6) is 1.87. The van der Waals surface area contributed by atoms with Gasteiger partial charge in [-0.2, -0.15) is 4.37 Å². The third kappa shape index (κ3) is 2.05. The van der Waals surface area contributed by atoms with Gasteiger partial charge in [-0.25, -0.2) is 4.98 Å². The summed E-state index contributed by atoms with van der Waals surface area (Å²) < 4.78 is 4.32. The molecule has 0 bridgehead atoms. The maximum absolute atomic E-state index is 4.51. The van der Waals surface area contributed by atoms with Crippen LogP contribution in [0.1, 0.15) is 32.5 Å². The lowest BCUT2D eigenvalue weighted by Gasteiger charge is -2.29. The lowest BCUT2D eigenvalue weighted by molar-refractivity contribution is 0.438. The molecule has 0 amide bonds. The van der Waals surface area contributed by atoms with Crippen LogP contribution in [-0.4, -0.2) is 22.4 Å². The molecule has 4 heteroatoms. The average molecular weight is 211 g/mol. The molecule has 0 spiro atoms. The van der Waals surface area contributed by atoms with Crippen LogP contribution in [0.25, 0.3) is 0 Å². The second-order valence-corrected chi connectivity index (χ2v) is 4.75. The molecule has 0 aromatic carbocycles. The van der Waals surface area contributed by atoms with Crippen molar-refractivity contribution in [2.75, 3.05) is 18.0 Å². The summed E-state index contributed by atoms with van der Waals surface area (Å²) in [6, 6.07) is 0. The zero-order valence-electron chi connectivity index (χ0n) is 8.86. The molecule has 1 saturated heterocycles. The van der Waals surface area contributed by atoms with E-state index in [1.165, 1.54) is 12.8 Å². The zero-order chi connectivity index (χ0) is 9.97. The number of hydrogen-bond donors (Lipinski definition) is 0. The van der Waals surface area contributed by atoms with Crippen molar-refractivity contribution >= 4 is 16.7 Å². The monoisotopic (exact) mass is 211 g/mol. The summed E-state index contributed by atoms with van der Waals surface area (Å²) in [7, 11) is 0. The summed E-state index contributed by atoms with van der Waals surface area (Å²) in [5.41, 5.74) is 0. The fraction of sp³-hybridized carbons (Fsp3) is 0.800. The molecule has 1 fully saturated rings. The molecular weight excluding hydrogens is 194 g/mol. The van der Waals surface area contributed by atoms with Crippen LogP contribution >= 0.6 is 11.5 Å². The van der Waals surface area contributed by atoms with Gasteiger partial charge in [0.25, 0.3) is 0 Å². The molecule has 0 atom stereocenters. The highest BCUT2D eigenvalue weighted by molar-refractivity contribution is 7.09. The van der Waals surface area contributed by atoms with Crippen molar-refractivity contribution < 1.29 is 0 Å². The number of piperidine rings is 1. The normalized spacial score (nSPS) is 18.9. The van der Waals surface area contributed by atoms with Crippen LogP contribution in [0.3, 0.4) is 0 Å². The SMILES string of the molecule is CCc1nsc(N2CCC(C)CC2)n1. The van der Waals surface area contributed by atoms with Crippen molar-refractivity contribution in [1.82, 2.24) is 9.36 Å². The highest BCUT2D eigenvalue weighted by Crippen LogP contribution is 2.24. The van der Waals surface area contributed by atoms with Crippen molar-refractivity contribution in [1.29, 1.82) is 0 Å². The first kappa shape index (κ1) is 9.90. The number of hydrogen-bond acceptors (Lipinski definition) is 4. The third-order valence-corrected chi connectivity index (χ3v) is 3.64. The molecule has 1 aliphatic rings. The predicted molar refractivity (Wildman–Crippen MR) is 59.9 cm³/mol. The molecule has 0 unspecified atom stereocenters. The van der Waals surface area contributed by atoms with Gasteiger partial charge < -0.3 is 4.90 Å². The summed E-state index contributed by atoms with van der Waals surface area (Å²) in [5, 5.41) is 1.12. The molecule has 3 nitrogen and oxygen atoms in total. The lowest BCUT2D eigenvalue weighted by Crippen LogP contribution is -2.32. The van der Waals surface area contributed by atoms with Gasteiger partial charge in [0.05, 0.1) is 0 Å². The Labute approximate surface area is 89.3 Å². The van der Waals surface area contributed by atoms with Gasteiger partial charge in [0, 0.05) is 31.0 Å². The van der Waals surface area contributed by atoms with Crippen molar-refractivity contribution in [3.05, 3.63) is 5.82 Å². The Balaban J connectivity index is 2.01. The molecule has 1 aromatic heterocycles. The summed E-state index contributed by atoms with van der Waals surface area (Å²) in [4.78, 5) is 6.88. The van der Waals surface area contributed by atoms with Crippen LogP contribution in [0.2, 0.25) is 0 Å². The van der Waals surface area contributed by atoms with E-state index in [0.717, 1.165) is 36.4 Å². The van der Waals surface area contributed by atoms with E-state index in [2.05, 4.69) is 28.1 Å². The number of nitrogens with zero attached hydrogens (tertiary/aromatic N) is 3. The number of anilines is 1. The Bertz CT molecular complexity index is 289. The van der Waals surface area contributed by atoms with E-state index in [1.807, 2.05) is 0 Å². The minimum atomic E-state index is 0.879. The Morgan fingerprint density at radius 1 is 1.43 bits per heavy atom. The zero-order valence-corrected chi connectivity index (χ0v) is 9.68. The molecule has 0 saturated carbocycles. The van der Waals surface area contributed by atoms with E-state index >= 15 is 0 Å². The summed E-state index contributed by atoms with van der Waals surface area (Å²) in [6.45, 7) is 6.73. The van der Waals surface area contributed by atoms with Crippen LogP contribution in [-0.2, 0) is 6.42 Å². The van der Waals surface area contributed by atoms with Crippen LogP contribution in [0.4, 0.5) is 5.13 Å². The van der Waals surface area contributed by atoms with Gasteiger partial charge >= 0.3 is 0 Å². The standard InChI is InChI=1S/C10H17N3S/c1-3-9-11-10(14-12-9)13-6-4-8(2)5-7-13/h8H,3-7H2,1-2H3. The molecule has 0 aliphatic carbocycles. The Morgan fingerprint density at radius 2 is 2.14 bits per heavy atom. The minimum absolute atomic E-state index is 0.879. The van der Waals surface area contributed by atoms with Crippen LogP contribution in [0, 0.1) is 5.92 Å². The van der Waals surface area contributed by atoms with Crippen LogP contribution < -0.4 is 4.90 Å². The summed E-state index contributed by atoms with van der Waals surface area (Å²) in [6.07, 6.45) is 3.53. The maximum Gasteiger partial charge on any atom is 0.205 e. The minimum Gasteiger partial charge on any atom is -0.347 e. The molecule has 78 valence electrons. The van der Waals surface area contributed by atoms with E-state index < -0.39 is 0 Å². The van der Waals surface area contributed by atoms with Gasteiger partial charge in [-0.05, 0) is 18.8 Å². The quantitative estimate of drug-likeness (QED) is 0.752. The van der Waals surface area contributed by atoms with Crippen LogP contribution in [0.5, 0.6) is 0 Å². The second kappa shape index (κ2) is 4.26. The molecule has 14 heavy (non-hydrogen) atoms. The predicted octanol–water partition coefficient (Wildman–Crippen LogP) is 2.34. The van der Waals surface area contributed by atoms with Crippen LogP contribution in [0.15, 0.2) is 0 Å². The smallest absolute Gasteiger partial charge is 0.205 e. The molecule has 1 aliphatic heterocycles. The second-order valence-electron chi connectivity index (χ2n) is 4.02. The van der Waals surface area contributed by atoms with Gasteiger partial charge in [0.15, 0.2) is 0 Å². The van der Waals surface area contributed by atoms with Gasteiger partial charge in [-0.1, -0.05) is 13.8 Å². The molecule has 0 radical (unpaired) electrons. The molecule has 2 heterocycles. The van der Waals surface area contributed by atoms with Gasteiger partial charge in [-0.3, -0.25) is 0 Å². The highest BCUT2D eigenvalue weighted by Gasteiger charge is 2.18. The fourth-order valence-electron chi connectivity index (χ4n) is 1.72. The fourth-order valence-corrected chi connectivity index (χ4v) is 2.52.